The second-order valence-corrected chi connectivity index (χ2v) is 6.79. The number of rotatable bonds is 7. The van der Waals surface area contributed by atoms with Gasteiger partial charge in [0.1, 0.15) is 12.3 Å². The lowest BCUT2D eigenvalue weighted by atomic mass is 9.88. The van der Waals surface area contributed by atoms with E-state index >= 15 is 0 Å². The predicted octanol–water partition coefficient (Wildman–Crippen LogP) is 2.16. The van der Waals surface area contributed by atoms with Crippen LogP contribution in [0.15, 0.2) is 48.5 Å². The summed E-state index contributed by atoms with van der Waals surface area (Å²) in [4.78, 5) is 36.1. The molecule has 0 heterocycles. The maximum Gasteiger partial charge on any atom is 0.325 e. The highest BCUT2D eigenvalue weighted by atomic mass is 16.5. The van der Waals surface area contributed by atoms with E-state index in [9.17, 15) is 14.4 Å². The lowest BCUT2D eigenvalue weighted by Crippen LogP contribution is -2.36. The van der Waals surface area contributed by atoms with Crippen LogP contribution in [0.3, 0.4) is 0 Å². The third-order valence-electron chi connectivity index (χ3n) is 4.79. The van der Waals surface area contributed by atoms with Crippen LogP contribution in [0.5, 0.6) is 5.75 Å². The summed E-state index contributed by atoms with van der Waals surface area (Å²) in [5.74, 6) is -0.926. The number of methoxy groups -OCH3 is 1. The number of hydrogen-bond donors (Lipinski definition) is 2. The van der Waals surface area contributed by atoms with Gasteiger partial charge in [-0.2, -0.15) is 0 Å². The topological polar surface area (TPSA) is 93.7 Å². The Labute approximate surface area is 169 Å². The van der Waals surface area contributed by atoms with Crippen molar-refractivity contribution in [2.45, 2.75) is 25.3 Å². The van der Waals surface area contributed by atoms with E-state index in [1.165, 1.54) is 12.7 Å². The second kappa shape index (κ2) is 9.73. The molecule has 0 spiro atoms. The van der Waals surface area contributed by atoms with Crippen LogP contribution in [-0.2, 0) is 20.7 Å². The highest BCUT2D eigenvalue weighted by Gasteiger charge is 2.21. The fourth-order valence-electron chi connectivity index (χ4n) is 3.36. The normalized spacial score (nSPS) is 15.0. The molecule has 152 valence electrons. The lowest BCUT2D eigenvalue weighted by molar-refractivity contribution is -0.147. The van der Waals surface area contributed by atoms with Crippen LogP contribution in [0.4, 0.5) is 0 Å². The van der Waals surface area contributed by atoms with Crippen molar-refractivity contribution in [2.75, 3.05) is 20.3 Å². The summed E-state index contributed by atoms with van der Waals surface area (Å²) >= 11 is 0. The van der Waals surface area contributed by atoms with E-state index in [4.69, 9.17) is 9.47 Å². The van der Waals surface area contributed by atoms with Crippen LogP contribution in [0.1, 0.15) is 40.4 Å². The predicted molar refractivity (Wildman–Crippen MR) is 107 cm³/mol. The molecule has 1 aliphatic carbocycles. The molecule has 0 saturated carbocycles. The van der Waals surface area contributed by atoms with E-state index in [1.807, 2.05) is 18.2 Å². The largest absolute Gasteiger partial charge is 0.497 e. The highest BCUT2D eigenvalue weighted by Crippen LogP contribution is 2.29. The fraction of sp³-hybridized carbons (Fsp3) is 0.318. The summed E-state index contributed by atoms with van der Waals surface area (Å²) in [6.07, 6.45) is 2.86. The van der Waals surface area contributed by atoms with Gasteiger partial charge >= 0.3 is 5.97 Å². The number of carbonyl (C=O) groups excluding carboxylic acids is 3. The van der Waals surface area contributed by atoms with Crippen LogP contribution in [0.2, 0.25) is 0 Å². The van der Waals surface area contributed by atoms with Crippen molar-refractivity contribution >= 4 is 17.8 Å². The van der Waals surface area contributed by atoms with E-state index in [1.54, 1.807) is 24.3 Å². The van der Waals surface area contributed by atoms with Crippen LogP contribution in [0, 0.1) is 0 Å². The summed E-state index contributed by atoms with van der Waals surface area (Å²) in [7, 11) is 1.51. The number of benzene rings is 2. The van der Waals surface area contributed by atoms with Crippen molar-refractivity contribution in [2.24, 2.45) is 0 Å². The quantitative estimate of drug-likeness (QED) is 0.700. The molecule has 7 nitrogen and oxygen atoms in total. The van der Waals surface area contributed by atoms with Gasteiger partial charge in [0.05, 0.1) is 13.2 Å². The molecule has 0 radical (unpaired) electrons. The van der Waals surface area contributed by atoms with Gasteiger partial charge in [0.25, 0.3) is 11.8 Å². The molecule has 0 bridgehead atoms. The Morgan fingerprint density at radius 2 is 1.93 bits per heavy atom. The minimum atomic E-state index is -0.680. The summed E-state index contributed by atoms with van der Waals surface area (Å²) < 4.78 is 10.0. The van der Waals surface area contributed by atoms with Gasteiger partial charge in [0, 0.05) is 5.56 Å². The maximum absolute atomic E-state index is 12.2. The molecule has 29 heavy (non-hydrogen) atoms. The zero-order valence-electron chi connectivity index (χ0n) is 16.3. The van der Waals surface area contributed by atoms with Crippen LogP contribution in [-0.4, -0.2) is 38.0 Å². The molecule has 0 aromatic heterocycles. The molecule has 0 unspecified atom stereocenters. The van der Waals surface area contributed by atoms with E-state index in [0.29, 0.717) is 11.3 Å². The van der Waals surface area contributed by atoms with Gasteiger partial charge in [-0.1, -0.05) is 30.3 Å². The molecule has 2 aromatic carbocycles. The average Bonchev–Trinajstić information content (AvgIpc) is 2.76. The highest BCUT2D eigenvalue weighted by molar-refractivity contribution is 5.96. The molecule has 0 saturated heterocycles. The minimum Gasteiger partial charge on any atom is -0.497 e. The smallest absolute Gasteiger partial charge is 0.325 e. The Kier molecular flexibility index (Phi) is 6.84. The average molecular weight is 396 g/mol. The summed E-state index contributed by atoms with van der Waals surface area (Å²) in [5, 5.41) is 5.38. The molecule has 2 aromatic rings. The number of ether oxygens (including phenoxy) is 2. The molecule has 2 N–H and O–H groups in total. The molecule has 7 heteroatoms. The molecule has 3 rings (SSSR count). The first-order valence-corrected chi connectivity index (χ1v) is 9.52. The van der Waals surface area contributed by atoms with Crippen molar-refractivity contribution in [3.05, 3.63) is 65.2 Å². The Morgan fingerprint density at radius 1 is 1.10 bits per heavy atom. The third kappa shape index (κ3) is 5.57. The van der Waals surface area contributed by atoms with Crippen molar-refractivity contribution in [3.8, 4) is 5.75 Å². The van der Waals surface area contributed by atoms with E-state index in [0.717, 1.165) is 24.8 Å². The molecule has 0 fully saturated rings. The number of aryl methyl sites for hydroxylation is 1. The second-order valence-electron chi connectivity index (χ2n) is 6.79. The third-order valence-corrected chi connectivity index (χ3v) is 4.79. The van der Waals surface area contributed by atoms with E-state index < -0.39 is 11.9 Å². The van der Waals surface area contributed by atoms with Crippen molar-refractivity contribution in [3.63, 3.8) is 0 Å². The Morgan fingerprint density at radius 3 is 2.76 bits per heavy atom. The lowest BCUT2D eigenvalue weighted by Gasteiger charge is -2.26. The van der Waals surface area contributed by atoms with Gasteiger partial charge in [-0.3, -0.25) is 14.4 Å². The number of nitrogens with one attached hydrogen (secondary N) is 2. The Balaban J connectivity index is 1.42. The van der Waals surface area contributed by atoms with Crippen LogP contribution >= 0.6 is 0 Å². The van der Waals surface area contributed by atoms with Crippen LogP contribution < -0.4 is 15.4 Å². The maximum atomic E-state index is 12.2. The van der Waals surface area contributed by atoms with Gasteiger partial charge in [0.15, 0.2) is 6.61 Å². The van der Waals surface area contributed by atoms with Gasteiger partial charge < -0.3 is 20.1 Å². The summed E-state index contributed by atoms with van der Waals surface area (Å²) in [6, 6.07) is 14.5. The van der Waals surface area contributed by atoms with Crippen molar-refractivity contribution in [1.29, 1.82) is 0 Å². The summed E-state index contributed by atoms with van der Waals surface area (Å²) in [6.45, 7) is -0.706. The molecular formula is C22H24N2O5. The first-order valence-electron chi connectivity index (χ1n) is 9.52. The van der Waals surface area contributed by atoms with Gasteiger partial charge in [-0.05, 0) is 48.6 Å². The Bertz CT molecular complexity index is 896. The standard InChI is InChI=1S/C22H24N2O5/c1-28-17-9-4-8-16(12-17)22(27)23-13-21(26)29-14-20(25)24-19-11-5-7-15-6-2-3-10-18(15)19/h2-4,6,8-10,12,19H,5,7,11,13-14H2,1H3,(H,23,27)(H,24,25)/t19-/m0/s1. The van der Waals surface area contributed by atoms with Gasteiger partial charge in [0.2, 0.25) is 0 Å². The van der Waals surface area contributed by atoms with E-state index in [2.05, 4.69) is 16.7 Å². The van der Waals surface area contributed by atoms with E-state index in [-0.39, 0.29) is 25.1 Å². The molecule has 1 atom stereocenters. The number of carbonyl (C=O) groups is 3. The fourth-order valence-corrected chi connectivity index (χ4v) is 3.36. The first kappa shape index (κ1) is 20.4. The molecular weight excluding hydrogens is 372 g/mol. The number of fused-ring (bicyclic) bond motifs is 1. The SMILES string of the molecule is COc1cccc(C(=O)NCC(=O)OCC(=O)N[C@H]2CCCc3ccccc32)c1. The van der Waals surface area contributed by atoms with Crippen molar-refractivity contribution in [1.82, 2.24) is 10.6 Å². The Hall–Kier alpha value is -3.35. The summed E-state index contributed by atoms with van der Waals surface area (Å²) in [5.41, 5.74) is 2.72. The number of esters is 1. The number of amides is 2. The first-order chi connectivity index (χ1) is 14.1. The van der Waals surface area contributed by atoms with Gasteiger partial charge in [-0.15, -0.1) is 0 Å². The van der Waals surface area contributed by atoms with Crippen molar-refractivity contribution < 1.29 is 23.9 Å². The van der Waals surface area contributed by atoms with Gasteiger partial charge in [-0.25, -0.2) is 0 Å². The number of hydrogen-bond acceptors (Lipinski definition) is 5. The monoisotopic (exact) mass is 396 g/mol. The zero-order chi connectivity index (χ0) is 20.6. The minimum absolute atomic E-state index is 0.0704. The van der Waals surface area contributed by atoms with Crippen LogP contribution in [0.25, 0.3) is 0 Å². The molecule has 1 aliphatic rings. The molecule has 0 aliphatic heterocycles. The zero-order valence-corrected chi connectivity index (χ0v) is 16.3. The molecule has 2 amide bonds.